The average molecular weight is 235 g/mol. The molecule has 0 unspecified atom stereocenters. The van der Waals surface area contributed by atoms with E-state index in [1.54, 1.807) is 11.3 Å². The molecule has 2 aromatic rings. The first-order chi connectivity index (χ1) is 7.83. The molecule has 1 aromatic carbocycles. The van der Waals surface area contributed by atoms with Crippen LogP contribution < -0.4 is 4.74 Å². The molecule has 2 rings (SSSR count). The molecular formula is C13H17NOS. The van der Waals surface area contributed by atoms with Gasteiger partial charge in [-0.2, -0.15) is 0 Å². The Hall–Kier alpha value is -1.09. The molecule has 1 aromatic heterocycles. The van der Waals surface area contributed by atoms with Gasteiger partial charge in [0.15, 0.2) is 0 Å². The number of hydrogen-bond donors (Lipinski definition) is 0. The Morgan fingerprint density at radius 1 is 1.31 bits per heavy atom. The maximum atomic E-state index is 5.90. The molecule has 16 heavy (non-hydrogen) atoms. The predicted octanol–water partition coefficient (Wildman–Crippen LogP) is 4.25. The molecule has 0 saturated carbocycles. The lowest BCUT2D eigenvalue weighted by atomic mass is 10.2. The van der Waals surface area contributed by atoms with Gasteiger partial charge in [-0.25, -0.2) is 4.98 Å². The van der Waals surface area contributed by atoms with Crippen molar-refractivity contribution in [2.45, 2.75) is 39.2 Å². The Morgan fingerprint density at radius 2 is 2.12 bits per heavy atom. The molecule has 2 nitrogen and oxygen atoms in total. The number of hydrogen-bond acceptors (Lipinski definition) is 3. The van der Waals surface area contributed by atoms with Crippen LogP contribution in [0.25, 0.3) is 10.2 Å². The van der Waals surface area contributed by atoms with Gasteiger partial charge in [0.1, 0.15) is 6.10 Å². The van der Waals surface area contributed by atoms with Crippen molar-refractivity contribution in [1.82, 2.24) is 4.98 Å². The lowest BCUT2D eigenvalue weighted by Gasteiger charge is -2.13. The topological polar surface area (TPSA) is 22.1 Å². The van der Waals surface area contributed by atoms with Gasteiger partial charge in [-0.15, -0.1) is 0 Å². The van der Waals surface area contributed by atoms with Crippen LogP contribution in [0.2, 0.25) is 0 Å². The maximum absolute atomic E-state index is 5.90. The van der Waals surface area contributed by atoms with Gasteiger partial charge in [0.05, 0.1) is 10.2 Å². The summed E-state index contributed by atoms with van der Waals surface area (Å²) in [5.74, 6) is 0. The summed E-state index contributed by atoms with van der Waals surface area (Å²) in [6.07, 6.45) is 3.62. The quantitative estimate of drug-likeness (QED) is 0.772. The average Bonchev–Trinajstić information content (AvgIpc) is 2.70. The van der Waals surface area contributed by atoms with Gasteiger partial charge in [0.25, 0.3) is 5.19 Å². The summed E-state index contributed by atoms with van der Waals surface area (Å²) in [6.45, 7) is 4.35. The SMILES string of the molecule is CCC[C@@H](CC)Oc1nc2ccccc2s1. The van der Waals surface area contributed by atoms with Gasteiger partial charge in [-0.3, -0.25) is 0 Å². The zero-order valence-electron chi connectivity index (χ0n) is 9.77. The molecule has 0 saturated heterocycles. The third-order valence-electron chi connectivity index (χ3n) is 2.61. The number of aromatic nitrogens is 1. The molecule has 0 aliphatic carbocycles. The first kappa shape index (κ1) is 11.4. The van der Waals surface area contributed by atoms with Crippen LogP contribution in [0.15, 0.2) is 24.3 Å². The Morgan fingerprint density at radius 3 is 2.81 bits per heavy atom. The van der Waals surface area contributed by atoms with E-state index in [4.69, 9.17) is 4.74 Å². The molecule has 86 valence electrons. The van der Waals surface area contributed by atoms with Crippen LogP contribution in [0.3, 0.4) is 0 Å². The van der Waals surface area contributed by atoms with Crippen LogP contribution in [-0.4, -0.2) is 11.1 Å². The van der Waals surface area contributed by atoms with E-state index >= 15 is 0 Å². The summed E-state index contributed by atoms with van der Waals surface area (Å²) in [6, 6.07) is 8.16. The predicted molar refractivity (Wildman–Crippen MR) is 69.2 cm³/mol. The van der Waals surface area contributed by atoms with Crippen LogP contribution in [0, 0.1) is 0 Å². The van der Waals surface area contributed by atoms with Crippen LogP contribution in [0.5, 0.6) is 5.19 Å². The maximum Gasteiger partial charge on any atom is 0.274 e. The fourth-order valence-electron chi connectivity index (χ4n) is 1.71. The Labute approximate surface area is 100 Å². The Kier molecular flexibility index (Phi) is 3.78. The minimum Gasteiger partial charge on any atom is -0.467 e. The molecule has 1 heterocycles. The summed E-state index contributed by atoms with van der Waals surface area (Å²) in [4.78, 5) is 4.48. The van der Waals surface area contributed by atoms with E-state index in [2.05, 4.69) is 24.9 Å². The minimum absolute atomic E-state index is 0.311. The van der Waals surface area contributed by atoms with Crippen molar-refractivity contribution in [3.05, 3.63) is 24.3 Å². The minimum atomic E-state index is 0.311. The number of para-hydroxylation sites is 1. The third kappa shape index (κ3) is 2.53. The van der Waals surface area contributed by atoms with Crippen LogP contribution in [0.4, 0.5) is 0 Å². The summed E-state index contributed by atoms with van der Waals surface area (Å²) < 4.78 is 7.09. The normalized spacial score (nSPS) is 12.9. The lowest BCUT2D eigenvalue weighted by Crippen LogP contribution is -2.14. The van der Waals surface area contributed by atoms with Gasteiger partial charge in [-0.05, 0) is 25.0 Å². The first-order valence-corrected chi connectivity index (χ1v) is 6.67. The molecule has 0 fully saturated rings. The number of nitrogens with zero attached hydrogens (tertiary/aromatic N) is 1. The molecule has 0 aliphatic rings. The Bertz CT molecular complexity index is 419. The van der Waals surface area contributed by atoms with Crippen LogP contribution in [-0.2, 0) is 0 Å². The lowest BCUT2D eigenvalue weighted by molar-refractivity contribution is 0.185. The van der Waals surface area contributed by atoms with E-state index in [9.17, 15) is 0 Å². The fourth-order valence-corrected chi connectivity index (χ4v) is 2.59. The molecule has 0 aliphatic heterocycles. The van der Waals surface area contributed by atoms with Gasteiger partial charge < -0.3 is 4.74 Å². The van der Waals surface area contributed by atoms with Crippen molar-refractivity contribution in [3.8, 4) is 5.19 Å². The highest BCUT2D eigenvalue weighted by molar-refractivity contribution is 7.20. The third-order valence-corrected chi connectivity index (χ3v) is 3.54. The zero-order valence-corrected chi connectivity index (χ0v) is 10.6. The van der Waals surface area contributed by atoms with E-state index in [1.807, 2.05) is 18.2 Å². The van der Waals surface area contributed by atoms with E-state index in [1.165, 1.54) is 4.70 Å². The van der Waals surface area contributed by atoms with Crippen molar-refractivity contribution in [3.63, 3.8) is 0 Å². The molecule has 0 radical (unpaired) electrons. The van der Waals surface area contributed by atoms with E-state index in [0.717, 1.165) is 30.0 Å². The van der Waals surface area contributed by atoms with Crippen LogP contribution >= 0.6 is 11.3 Å². The van der Waals surface area contributed by atoms with E-state index in [-0.39, 0.29) is 0 Å². The number of fused-ring (bicyclic) bond motifs is 1. The number of thiazole rings is 1. The Balaban J connectivity index is 2.14. The summed E-state index contributed by atoms with van der Waals surface area (Å²) >= 11 is 1.63. The van der Waals surface area contributed by atoms with Crippen molar-refractivity contribution < 1.29 is 4.74 Å². The molecule has 3 heteroatoms. The van der Waals surface area contributed by atoms with Crippen molar-refractivity contribution in [2.75, 3.05) is 0 Å². The molecule has 1 atom stereocenters. The highest BCUT2D eigenvalue weighted by Crippen LogP contribution is 2.28. The summed E-state index contributed by atoms with van der Waals surface area (Å²) in [5, 5.41) is 0.807. The van der Waals surface area contributed by atoms with Crippen molar-refractivity contribution in [1.29, 1.82) is 0 Å². The monoisotopic (exact) mass is 235 g/mol. The standard InChI is InChI=1S/C13H17NOS/c1-3-7-10(4-2)15-13-14-11-8-5-6-9-12(11)16-13/h5-6,8-10H,3-4,7H2,1-2H3/t10-/m1/s1. The summed E-state index contributed by atoms with van der Waals surface area (Å²) in [5.41, 5.74) is 1.04. The fraction of sp³-hybridized carbons (Fsp3) is 0.462. The molecule has 0 spiro atoms. The zero-order chi connectivity index (χ0) is 11.4. The van der Waals surface area contributed by atoms with Gasteiger partial charge in [0.2, 0.25) is 0 Å². The summed E-state index contributed by atoms with van der Waals surface area (Å²) in [7, 11) is 0. The van der Waals surface area contributed by atoms with E-state index < -0.39 is 0 Å². The highest BCUT2D eigenvalue weighted by atomic mass is 32.1. The van der Waals surface area contributed by atoms with E-state index in [0.29, 0.717) is 6.10 Å². The molecular weight excluding hydrogens is 218 g/mol. The number of ether oxygens (including phenoxy) is 1. The second-order valence-electron chi connectivity index (χ2n) is 3.88. The number of benzene rings is 1. The second-order valence-corrected chi connectivity index (χ2v) is 4.88. The second kappa shape index (κ2) is 5.30. The smallest absolute Gasteiger partial charge is 0.274 e. The highest BCUT2D eigenvalue weighted by Gasteiger charge is 2.10. The van der Waals surface area contributed by atoms with Crippen molar-refractivity contribution >= 4 is 21.6 Å². The first-order valence-electron chi connectivity index (χ1n) is 5.85. The molecule has 0 amide bonds. The molecule has 0 bridgehead atoms. The largest absolute Gasteiger partial charge is 0.467 e. The van der Waals surface area contributed by atoms with Gasteiger partial charge >= 0.3 is 0 Å². The van der Waals surface area contributed by atoms with Gasteiger partial charge in [0, 0.05) is 0 Å². The molecule has 0 N–H and O–H groups in total. The number of rotatable bonds is 5. The van der Waals surface area contributed by atoms with Crippen molar-refractivity contribution in [2.24, 2.45) is 0 Å². The van der Waals surface area contributed by atoms with Gasteiger partial charge in [-0.1, -0.05) is 43.7 Å². The van der Waals surface area contributed by atoms with Crippen LogP contribution in [0.1, 0.15) is 33.1 Å².